The minimum Gasteiger partial charge on any atom is -0.383 e. The number of nitrogens with one attached hydrogen (secondary N) is 1. The summed E-state index contributed by atoms with van der Waals surface area (Å²) in [5, 5.41) is 11.0. The van der Waals surface area contributed by atoms with Crippen molar-refractivity contribution in [2.45, 2.75) is 25.8 Å². The van der Waals surface area contributed by atoms with Crippen molar-refractivity contribution in [1.29, 1.82) is 0 Å². The largest absolute Gasteiger partial charge is 0.383 e. The van der Waals surface area contributed by atoms with E-state index in [0.717, 1.165) is 37.6 Å². The van der Waals surface area contributed by atoms with Crippen molar-refractivity contribution in [3.8, 4) is 0 Å². The van der Waals surface area contributed by atoms with Gasteiger partial charge in [0.15, 0.2) is 0 Å². The molecule has 2 amide bonds. The lowest BCUT2D eigenvalue weighted by Crippen LogP contribution is -2.46. The van der Waals surface area contributed by atoms with Gasteiger partial charge in [-0.3, -0.25) is 0 Å². The van der Waals surface area contributed by atoms with Crippen LogP contribution in [0, 0.1) is 5.92 Å². The lowest BCUT2D eigenvalue weighted by molar-refractivity contribution is 0.171. The molecule has 1 saturated heterocycles. The molecule has 1 unspecified atom stereocenters. The molecule has 23 heavy (non-hydrogen) atoms. The number of hydrogen-bond donors (Lipinski definition) is 1. The second-order valence-corrected chi connectivity index (χ2v) is 6.74. The third kappa shape index (κ3) is 5.69. The average molecular weight is 341 g/mol. The van der Waals surface area contributed by atoms with Crippen molar-refractivity contribution >= 4 is 17.8 Å². The van der Waals surface area contributed by atoms with Crippen LogP contribution in [-0.2, 0) is 17.7 Å². The number of piperidine rings is 1. The number of aromatic nitrogens is 3. The van der Waals surface area contributed by atoms with Crippen LogP contribution in [0.3, 0.4) is 0 Å². The molecular formula is C15H27N5O2S. The van der Waals surface area contributed by atoms with Crippen LogP contribution in [0.25, 0.3) is 0 Å². The van der Waals surface area contributed by atoms with Gasteiger partial charge in [0.05, 0.1) is 6.61 Å². The zero-order valence-electron chi connectivity index (χ0n) is 14.0. The molecule has 0 aromatic carbocycles. The molecule has 0 aliphatic carbocycles. The monoisotopic (exact) mass is 341 g/mol. The second-order valence-electron chi connectivity index (χ2n) is 5.82. The van der Waals surface area contributed by atoms with Crippen LogP contribution < -0.4 is 5.32 Å². The summed E-state index contributed by atoms with van der Waals surface area (Å²) in [6.07, 6.45) is 6.83. The van der Waals surface area contributed by atoms with Crippen LogP contribution in [0.1, 0.15) is 18.7 Å². The summed E-state index contributed by atoms with van der Waals surface area (Å²) in [6.45, 7) is 3.67. The molecule has 2 heterocycles. The van der Waals surface area contributed by atoms with E-state index in [0.29, 0.717) is 25.5 Å². The molecule has 1 aliphatic heterocycles. The van der Waals surface area contributed by atoms with Gasteiger partial charge in [0.25, 0.3) is 0 Å². The van der Waals surface area contributed by atoms with E-state index in [4.69, 9.17) is 4.74 Å². The molecule has 1 aromatic heterocycles. The Morgan fingerprint density at radius 2 is 2.43 bits per heavy atom. The molecule has 0 radical (unpaired) electrons. The fourth-order valence-electron chi connectivity index (χ4n) is 2.86. The molecule has 7 nitrogen and oxygen atoms in total. The standard InChI is InChI=1S/C15H27N5O2S/c1-22-9-8-20-12-17-18-14(20)5-6-16-15(21)19-7-3-4-13(10-19)11-23-2/h12-13H,3-11H2,1-2H3,(H,16,21). The van der Waals surface area contributed by atoms with Gasteiger partial charge in [0.2, 0.25) is 0 Å². The van der Waals surface area contributed by atoms with E-state index >= 15 is 0 Å². The lowest BCUT2D eigenvalue weighted by Gasteiger charge is -2.32. The Balaban J connectivity index is 1.73. The van der Waals surface area contributed by atoms with Gasteiger partial charge in [-0.2, -0.15) is 11.8 Å². The van der Waals surface area contributed by atoms with Crippen LogP contribution in [0.5, 0.6) is 0 Å². The minimum absolute atomic E-state index is 0.0405. The van der Waals surface area contributed by atoms with Crippen molar-refractivity contribution in [3.63, 3.8) is 0 Å². The van der Waals surface area contributed by atoms with E-state index in [9.17, 15) is 4.79 Å². The van der Waals surface area contributed by atoms with E-state index in [2.05, 4.69) is 21.8 Å². The first kappa shape index (κ1) is 18.1. The first-order chi connectivity index (χ1) is 11.2. The molecule has 0 bridgehead atoms. The van der Waals surface area contributed by atoms with E-state index < -0.39 is 0 Å². The number of methoxy groups -OCH3 is 1. The minimum atomic E-state index is 0.0405. The Morgan fingerprint density at radius 3 is 3.22 bits per heavy atom. The zero-order chi connectivity index (χ0) is 16.5. The number of likely N-dealkylation sites (tertiary alicyclic amines) is 1. The van der Waals surface area contributed by atoms with Crippen LogP contribution in [0.15, 0.2) is 6.33 Å². The molecule has 8 heteroatoms. The maximum atomic E-state index is 12.3. The third-order valence-corrected chi connectivity index (χ3v) is 4.87. The Bertz CT molecular complexity index is 480. The number of nitrogens with zero attached hydrogens (tertiary/aromatic N) is 4. The van der Waals surface area contributed by atoms with Crippen LogP contribution >= 0.6 is 11.8 Å². The summed E-state index contributed by atoms with van der Waals surface area (Å²) in [5.74, 6) is 2.63. The number of carbonyl (C=O) groups is 1. The Morgan fingerprint density at radius 1 is 1.57 bits per heavy atom. The topological polar surface area (TPSA) is 72.3 Å². The van der Waals surface area contributed by atoms with Gasteiger partial charge in [-0.25, -0.2) is 4.79 Å². The summed E-state index contributed by atoms with van der Waals surface area (Å²) in [4.78, 5) is 14.2. The van der Waals surface area contributed by atoms with Gasteiger partial charge < -0.3 is 19.5 Å². The summed E-state index contributed by atoms with van der Waals surface area (Å²) < 4.78 is 7.03. The van der Waals surface area contributed by atoms with Gasteiger partial charge in [-0.15, -0.1) is 10.2 Å². The van der Waals surface area contributed by atoms with Crippen LogP contribution in [0.4, 0.5) is 4.79 Å². The number of carbonyl (C=O) groups excluding carboxylic acids is 1. The smallest absolute Gasteiger partial charge is 0.317 e. The predicted octanol–water partition coefficient (Wildman–Crippen LogP) is 1.25. The Kier molecular flexibility index (Phi) is 7.67. The molecule has 1 fully saturated rings. The van der Waals surface area contributed by atoms with Gasteiger partial charge in [0, 0.05) is 39.7 Å². The second kappa shape index (κ2) is 9.77. The summed E-state index contributed by atoms with van der Waals surface area (Å²) in [5.41, 5.74) is 0. The molecule has 1 aromatic rings. The van der Waals surface area contributed by atoms with Crippen molar-refractivity contribution in [2.75, 3.05) is 45.4 Å². The molecule has 1 N–H and O–H groups in total. The van der Waals surface area contributed by atoms with E-state index in [1.807, 2.05) is 21.2 Å². The number of thioether (sulfide) groups is 1. The van der Waals surface area contributed by atoms with Crippen LogP contribution in [-0.4, -0.2) is 71.1 Å². The average Bonchev–Trinajstić information content (AvgIpc) is 3.01. The van der Waals surface area contributed by atoms with Gasteiger partial charge in [-0.05, 0) is 30.8 Å². The van der Waals surface area contributed by atoms with E-state index in [1.165, 1.54) is 6.42 Å². The Hall–Kier alpha value is -1.28. The van der Waals surface area contributed by atoms with Crippen molar-refractivity contribution in [2.24, 2.45) is 5.92 Å². The molecule has 1 aliphatic rings. The SMILES string of the molecule is COCCn1cnnc1CCNC(=O)N1CCCC(CSC)C1. The quantitative estimate of drug-likeness (QED) is 0.770. The molecular weight excluding hydrogens is 314 g/mol. The maximum Gasteiger partial charge on any atom is 0.317 e. The maximum absolute atomic E-state index is 12.3. The van der Waals surface area contributed by atoms with Crippen LogP contribution in [0.2, 0.25) is 0 Å². The summed E-state index contributed by atoms with van der Waals surface area (Å²) >= 11 is 1.86. The van der Waals surface area contributed by atoms with Crippen molar-refractivity contribution < 1.29 is 9.53 Å². The third-order valence-electron chi connectivity index (χ3n) is 4.07. The highest BCUT2D eigenvalue weighted by Crippen LogP contribution is 2.19. The van der Waals surface area contributed by atoms with E-state index in [1.54, 1.807) is 13.4 Å². The fraction of sp³-hybridized carbons (Fsp3) is 0.800. The first-order valence-electron chi connectivity index (χ1n) is 8.12. The normalized spacial score (nSPS) is 18.2. The summed E-state index contributed by atoms with van der Waals surface area (Å²) in [7, 11) is 1.67. The number of amides is 2. The molecule has 0 spiro atoms. The van der Waals surface area contributed by atoms with Gasteiger partial charge in [0.1, 0.15) is 12.2 Å². The molecule has 1 atom stereocenters. The zero-order valence-corrected chi connectivity index (χ0v) is 14.8. The number of urea groups is 1. The number of rotatable bonds is 8. The molecule has 0 saturated carbocycles. The first-order valence-corrected chi connectivity index (χ1v) is 9.51. The predicted molar refractivity (Wildman–Crippen MR) is 91.7 cm³/mol. The number of hydrogen-bond acceptors (Lipinski definition) is 5. The van der Waals surface area contributed by atoms with Crippen molar-refractivity contribution in [3.05, 3.63) is 12.2 Å². The number of ether oxygens (including phenoxy) is 1. The molecule has 130 valence electrons. The summed E-state index contributed by atoms with van der Waals surface area (Å²) in [6, 6.07) is 0.0405. The van der Waals surface area contributed by atoms with Crippen molar-refractivity contribution in [1.82, 2.24) is 25.0 Å². The highest BCUT2D eigenvalue weighted by molar-refractivity contribution is 7.98. The fourth-order valence-corrected chi connectivity index (χ4v) is 3.61. The highest BCUT2D eigenvalue weighted by atomic mass is 32.2. The molecule has 2 rings (SSSR count). The van der Waals surface area contributed by atoms with E-state index in [-0.39, 0.29) is 6.03 Å². The van der Waals surface area contributed by atoms with Gasteiger partial charge in [-0.1, -0.05) is 0 Å². The highest BCUT2D eigenvalue weighted by Gasteiger charge is 2.23. The lowest BCUT2D eigenvalue weighted by atomic mass is 10.0. The Labute approximate surface area is 142 Å². The van der Waals surface area contributed by atoms with Gasteiger partial charge >= 0.3 is 6.03 Å².